The van der Waals surface area contributed by atoms with Crippen molar-refractivity contribution in [1.82, 2.24) is 10.2 Å². The first-order chi connectivity index (χ1) is 7.31. The van der Waals surface area contributed by atoms with Crippen molar-refractivity contribution in [3.05, 3.63) is 0 Å². The lowest BCUT2D eigenvalue weighted by Gasteiger charge is -2.41. The van der Waals surface area contributed by atoms with Crippen molar-refractivity contribution < 1.29 is 4.74 Å². The van der Waals surface area contributed by atoms with Crippen LogP contribution in [-0.4, -0.2) is 49.8 Å². The van der Waals surface area contributed by atoms with Gasteiger partial charge in [0.2, 0.25) is 0 Å². The Morgan fingerprint density at radius 1 is 1.33 bits per heavy atom. The number of rotatable bonds is 4. The molecule has 2 rings (SSSR count). The Balaban J connectivity index is 1.79. The summed E-state index contributed by atoms with van der Waals surface area (Å²) in [6.45, 7) is 10.1. The Labute approximate surface area is 93.2 Å². The highest BCUT2D eigenvalue weighted by Gasteiger charge is 2.28. The lowest BCUT2D eigenvalue weighted by atomic mass is 9.98. The molecule has 15 heavy (non-hydrogen) atoms. The van der Waals surface area contributed by atoms with Gasteiger partial charge in [0.15, 0.2) is 0 Å². The van der Waals surface area contributed by atoms with Gasteiger partial charge in [-0.1, -0.05) is 6.92 Å². The fraction of sp³-hybridized carbons (Fsp3) is 1.00. The molecular weight excluding hydrogens is 188 g/mol. The molecule has 3 nitrogen and oxygen atoms in total. The predicted octanol–water partition coefficient (Wildman–Crippen LogP) is 1.10. The molecule has 3 heteroatoms. The maximum absolute atomic E-state index is 5.61. The summed E-state index contributed by atoms with van der Waals surface area (Å²) >= 11 is 0. The third kappa shape index (κ3) is 2.71. The van der Waals surface area contributed by atoms with Gasteiger partial charge in [-0.05, 0) is 45.3 Å². The molecular formula is C12H24N2O. The number of nitrogens with one attached hydrogen (secondary N) is 1. The lowest BCUT2D eigenvalue weighted by molar-refractivity contribution is -0.0467. The molecule has 0 saturated carbocycles. The summed E-state index contributed by atoms with van der Waals surface area (Å²) in [6.07, 6.45) is 2.57. The second kappa shape index (κ2) is 5.28. The molecule has 2 heterocycles. The molecule has 0 aromatic heterocycles. The van der Waals surface area contributed by atoms with Gasteiger partial charge in [-0.25, -0.2) is 0 Å². The Hall–Kier alpha value is -0.120. The molecule has 0 bridgehead atoms. The predicted molar refractivity (Wildman–Crippen MR) is 62.0 cm³/mol. The van der Waals surface area contributed by atoms with Crippen molar-refractivity contribution in [2.75, 3.05) is 32.8 Å². The number of morpholine rings is 1. The van der Waals surface area contributed by atoms with Crippen LogP contribution in [0.4, 0.5) is 0 Å². The van der Waals surface area contributed by atoms with Gasteiger partial charge < -0.3 is 10.1 Å². The lowest BCUT2D eigenvalue weighted by Crippen LogP contribution is -2.52. The van der Waals surface area contributed by atoms with Crippen molar-refractivity contribution in [2.45, 2.75) is 38.8 Å². The first-order valence-corrected chi connectivity index (χ1v) is 6.35. The molecule has 0 aliphatic carbocycles. The van der Waals surface area contributed by atoms with Gasteiger partial charge in [0.25, 0.3) is 0 Å². The van der Waals surface area contributed by atoms with Crippen molar-refractivity contribution in [1.29, 1.82) is 0 Å². The van der Waals surface area contributed by atoms with Crippen LogP contribution < -0.4 is 5.32 Å². The van der Waals surface area contributed by atoms with Crippen LogP contribution in [0, 0.1) is 5.92 Å². The van der Waals surface area contributed by atoms with Crippen LogP contribution >= 0.6 is 0 Å². The van der Waals surface area contributed by atoms with Crippen LogP contribution in [0.15, 0.2) is 0 Å². The highest BCUT2D eigenvalue weighted by molar-refractivity contribution is 4.82. The fourth-order valence-electron chi connectivity index (χ4n) is 2.57. The van der Waals surface area contributed by atoms with Crippen LogP contribution in [0.2, 0.25) is 0 Å². The van der Waals surface area contributed by atoms with Crippen LogP contribution in [0.5, 0.6) is 0 Å². The van der Waals surface area contributed by atoms with E-state index in [0.717, 1.165) is 19.1 Å². The second-order valence-corrected chi connectivity index (χ2v) is 5.00. The molecule has 2 aliphatic rings. The summed E-state index contributed by atoms with van der Waals surface area (Å²) in [7, 11) is 0. The summed E-state index contributed by atoms with van der Waals surface area (Å²) in [5.74, 6) is 0.928. The van der Waals surface area contributed by atoms with E-state index in [4.69, 9.17) is 4.74 Å². The van der Waals surface area contributed by atoms with Gasteiger partial charge in [0.1, 0.15) is 0 Å². The summed E-state index contributed by atoms with van der Waals surface area (Å²) in [4.78, 5) is 2.65. The molecule has 88 valence electrons. The third-order valence-electron chi connectivity index (χ3n) is 3.84. The first-order valence-electron chi connectivity index (χ1n) is 6.35. The summed E-state index contributed by atoms with van der Waals surface area (Å²) in [5.41, 5.74) is 0. The molecule has 0 amide bonds. The first kappa shape index (κ1) is 11.4. The largest absolute Gasteiger partial charge is 0.378 e. The Bertz CT molecular complexity index is 194. The SMILES string of the molecule is CCC1COCC(C)N1CCC1CNC1. The molecule has 2 atom stereocenters. The number of hydrogen-bond acceptors (Lipinski definition) is 3. The van der Waals surface area contributed by atoms with E-state index < -0.39 is 0 Å². The average molecular weight is 212 g/mol. The highest BCUT2D eigenvalue weighted by atomic mass is 16.5. The standard InChI is InChI=1S/C12H24N2O/c1-3-12-9-15-8-10(2)14(12)5-4-11-6-13-7-11/h10-13H,3-9H2,1-2H3. The molecule has 0 spiro atoms. The van der Waals surface area contributed by atoms with Crippen molar-refractivity contribution >= 4 is 0 Å². The number of hydrogen-bond donors (Lipinski definition) is 1. The highest BCUT2D eigenvalue weighted by Crippen LogP contribution is 2.18. The van der Waals surface area contributed by atoms with Gasteiger partial charge in [-0.3, -0.25) is 4.90 Å². The van der Waals surface area contributed by atoms with Crippen molar-refractivity contribution in [3.63, 3.8) is 0 Å². The molecule has 2 unspecified atom stereocenters. The number of nitrogens with zero attached hydrogens (tertiary/aromatic N) is 1. The average Bonchev–Trinajstić information content (AvgIpc) is 2.17. The van der Waals surface area contributed by atoms with E-state index in [2.05, 4.69) is 24.1 Å². The van der Waals surface area contributed by atoms with E-state index in [1.807, 2.05) is 0 Å². The van der Waals surface area contributed by atoms with Gasteiger partial charge in [-0.2, -0.15) is 0 Å². The van der Waals surface area contributed by atoms with E-state index >= 15 is 0 Å². The molecule has 0 radical (unpaired) electrons. The van der Waals surface area contributed by atoms with Crippen molar-refractivity contribution in [3.8, 4) is 0 Å². The second-order valence-electron chi connectivity index (χ2n) is 5.00. The molecule has 2 saturated heterocycles. The maximum atomic E-state index is 5.61. The molecule has 2 fully saturated rings. The quantitative estimate of drug-likeness (QED) is 0.755. The van der Waals surface area contributed by atoms with Crippen LogP contribution in [0.25, 0.3) is 0 Å². The summed E-state index contributed by atoms with van der Waals surface area (Å²) in [5, 5.41) is 3.34. The van der Waals surface area contributed by atoms with E-state index in [-0.39, 0.29) is 0 Å². The van der Waals surface area contributed by atoms with Crippen LogP contribution in [0.3, 0.4) is 0 Å². The topological polar surface area (TPSA) is 24.5 Å². The summed E-state index contributed by atoms with van der Waals surface area (Å²) < 4.78 is 5.61. The monoisotopic (exact) mass is 212 g/mol. The Kier molecular flexibility index (Phi) is 4.00. The smallest absolute Gasteiger partial charge is 0.0622 e. The Morgan fingerprint density at radius 2 is 2.13 bits per heavy atom. The van der Waals surface area contributed by atoms with E-state index in [1.54, 1.807) is 0 Å². The number of ether oxygens (including phenoxy) is 1. The summed E-state index contributed by atoms with van der Waals surface area (Å²) in [6, 6.07) is 1.26. The van der Waals surface area contributed by atoms with Gasteiger partial charge in [0, 0.05) is 12.1 Å². The molecule has 0 aromatic carbocycles. The Morgan fingerprint density at radius 3 is 2.73 bits per heavy atom. The zero-order valence-electron chi connectivity index (χ0n) is 10.0. The zero-order chi connectivity index (χ0) is 10.7. The van der Waals surface area contributed by atoms with E-state index in [1.165, 1.54) is 32.5 Å². The van der Waals surface area contributed by atoms with Crippen molar-refractivity contribution in [2.24, 2.45) is 5.92 Å². The molecule has 0 aromatic rings. The normalized spacial score (nSPS) is 34.0. The maximum Gasteiger partial charge on any atom is 0.0622 e. The minimum Gasteiger partial charge on any atom is -0.378 e. The van der Waals surface area contributed by atoms with Crippen LogP contribution in [-0.2, 0) is 4.74 Å². The van der Waals surface area contributed by atoms with E-state index in [9.17, 15) is 0 Å². The third-order valence-corrected chi connectivity index (χ3v) is 3.84. The fourth-order valence-corrected chi connectivity index (χ4v) is 2.57. The minimum absolute atomic E-state index is 0.608. The zero-order valence-corrected chi connectivity index (χ0v) is 10.0. The van der Waals surface area contributed by atoms with Gasteiger partial charge >= 0.3 is 0 Å². The minimum atomic E-state index is 0.608. The van der Waals surface area contributed by atoms with E-state index in [0.29, 0.717) is 12.1 Å². The van der Waals surface area contributed by atoms with Gasteiger partial charge in [-0.15, -0.1) is 0 Å². The molecule has 2 aliphatic heterocycles. The van der Waals surface area contributed by atoms with Gasteiger partial charge in [0.05, 0.1) is 13.2 Å². The molecule has 1 N–H and O–H groups in total. The van der Waals surface area contributed by atoms with Crippen LogP contribution in [0.1, 0.15) is 26.7 Å².